The summed E-state index contributed by atoms with van der Waals surface area (Å²) in [6.07, 6.45) is 8.45. The molecule has 134 valence electrons. The highest BCUT2D eigenvalue weighted by Crippen LogP contribution is 2.52. The molecule has 8 atom stereocenters. The van der Waals surface area contributed by atoms with Crippen LogP contribution in [0.2, 0.25) is 0 Å². The molecule has 1 aliphatic heterocycles. The van der Waals surface area contributed by atoms with Crippen molar-refractivity contribution in [3.8, 4) is 0 Å². The van der Waals surface area contributed by atoms with Crippen LogP contribution in [0.25, 0.3) is 0 Å². The first kappa shape index (κ1) is 15.6. The summed E-state index contributed by atoms with van der Waals surface area (Å²) >= 11 is 0. The Bertz CT molecular complexity index is 643. The van der Waals surface area contributed by atoms with Gasteiger partial charge in [-0.3, -0.25) is 19.3 Å². The van der Waals surface area contributed by atoms with Crippen LogP contribution >= 0.6 is 0 Å². The molecule has 6 heteroatoms. The Morgan fingerprint density at radius 2 is 1.72 bits per heavy atom. The van der Waals surface area contributed by atoms with Crippen molar-refractivity contribution in [2.75, 3.05) is 13.1 Å². The molecule has 4 aliphatic carbocycles. The zero-order chi connectivity index (χ0) is 17.3. The number of nitrogens with zero attached hydrogens (tertiary/aromatic N) is 1. The SMILES string of the molecule is NC1C2CCC(C2)C1C(=O)NCCN1C(=O)C2C3C=CC(C3)C2C1=O. The highest BCUT2D eigenvalue weighted by molar-refractivity contribution is 6.06. The lowest BCUT2D eigenvalue weighted by Crippen LogP contribution is -2.47. The number of imide groups is 1. The lowest BCUT2D eigenvalue weighted by molar-refractivity contribution is -0.141. The predicted octanol–water partition coefficient (Wildman–Crippen LogP) is 0.283. The molecule has 5 aliphatic rings. The number of hydrogen-bond acceptors (Lipinski definition) is 4. The molecule has 0 aromatic heterocycles. The van der Waals surface area contributed by atoms with Crippen molar-refractivity contribution in [3.63, 3.8) is 0 Å². The molecule has 1 saturated heterocycles. The molecule has 8 unspecified atom stereocenters. The number of fused-ring (bicyclic) bond motifs is 7. The van der Waals surface area contributed by atoms with Crippen LogP contribution in [0, 0.1) is 41.4 Å². The fourth-order valence-corrected chi connectivity index (χ4v) is 6.32. The van der Waals surface area contributed by atoms with Crippen molar-refractivity contribution in [1.29, 1.82) is 0 Å². The molecule has 3 amide bonds. The quantitative estimate of drug-likeness (QED) is 0.567. The van der Waals surface area contributed by atoms with Crippen LogP contribution in [0.5, 0.6) is 0 Å². The fraction of sp³-hybridized carbons (Fsp3) is 0.737. The predicted molar refractivity (Wildman–Crippen MR) is 89.7 cm³/mol. The maximum absolute atomic E-state index is 12.6. The van der Waals surface area contributed by atoms with Crippen LogP contribution in [-0.2, 0) is 14.4 Å². The summed E-state index contributed by atoms with van der Waals surface area (Å²) in [4.78, 5) is 39.1. The maximum Gasteiger partial charge on any atom is 0.233 e. The molecule has 3 N–H and O–H groups in total. The Hall–Kier alpha value is -1.69. The van der Waals surface area contributed by atoms with E-state index in [2.05, 4.69) is 17.5 Å². The number of hydrogen-bond donors (Lipinski definition) is 2. The standard InChI is InChI=1S/C19H25N3O3/c20-16-12-4-3-11(8-12)15(16)17(23)21-5-6-22-18(24)13-9-1-2-10(7-9)14(13)19(22)25/h1-2,9-16H,3-8,20H2,(H,21,23). The third kappa shape index (κ3) is 2.09. The van der Waals surface area contributed by atoms with Crippen molar-refractivity contribution in [2.24, 2.45) is 47.2 Å². The normalized spacial score (nSPS) is 46.4. The Morgan fingerprint density at radius 1 is 1.08 bits per heavy atom. The van der Waals surface area contributed by atoms with Crippen molar-refractivity contribution >= 4 is 17.7 Å². The summed E-state index contributed by atoms with van der Waals surface area (Å²) in [6, 6.07) is -0.0325. The van der Waals surface area contributed by atoms with E-state index in [1.54, 1.807) is 0 Å². The van der Waals surface area contributed by atoms with Gasteiger partial charge < -0.3 is 11.1 Å². The van der Waals surface area contributed by atoms with Gasteiger partial charge in [0, 0.05) is 19.1 Å². The number of likely N-dealkylation sites (tertiary alicyclic amines) is 1. The fourth-order valence-electron chi connectivity index (χ4n) is 6.32. The van der Waals surface area contributed by atoms with Gasteiger partial charge in [0.1, 0.15) is 0 Å². The van der Waals surface area contributed by atoms with Gasteiger partial charge in [-0.1, -0.05) is 12.2 Å². The smallest absolute Gasteiger partial charge is 0.233 e. The van der Waals surface area contributed by atoms with Gasteiger partial charge >= 0.3 is 0 Å². The van der Waals surface area contributed by atoms with E-state index in [9.17, 15) is 14.4 Å². The molecular weight excluding hydrogens is 318 g/mol. The van der Waals surface area contributed by atoms with Gasteiger partial charge in [-0.15, -0.1) is 0 Å². The molecule has 5 rings (SSSR count). The van der Waals surface area contributed by atoms with Crippen LogP contribution in [0.15, 0.2) is 12.2 Å². The number of carbonyl (C=O) groups excluding carboxylic acids is 3. The van der Waals surface area contributed by atoms with E-state index in [4.69, 9.17) is 5.73 Å². The zero-order valence-electron chi connectivity index (χ0n) is 14.3. The Kier molecular flexibility index (Phi) is 3.36. The summed E-state index contributed by atoms with van der Waals surface area (Å²) in [5.41, 5.74) is 6.22. The third-order valence-corrected chi connectivity index (χ3v) is 7.48. The number of rotatable bonds is 4. The average Bonchev–Trinajstić information content (AvgIpc) is 3.37. The van der Waals surface area contributed by atoms with E-state index in [1.165, 1.54) is 4.90 Å². The van der Waals surface area contributed by atoms with E-state index in [1.807, 2.05) is 0 Å². The lowest BCUT2D eigenvalue weighted by Gasteiger charge is -2.27. The second-order valence-electron chi connectivity index (χ2n) is 8.56. The Labute approximate surface area is 147 Å². The lowest BCUT2D eigenvalue weighted by atomic mass is 9.84. The molecule has 4 fully saturated rings. The molecule has 6 nitrogen and oxygen atoms in total. The second-order valence-corrected chi connectivity index (χ2v) is 8.56. The van der Waals surface area contributed by atoms with Gasteiger partial charge in [-0.05, 0) is 49.4 Å². The van der Waals surface area contributed by atoms with Crippen LogP contribution in [0.4, 0.5) is 0 Å². The summed E-state index contributed by atoms with van der Waals surface area (Å²) in [5.74, 6) is 0.880. The molecule has 0 aromatic carbocycles. The minimum Gasteiger partial charge on any atom is -0.354 e. The molecule has 1 heterocycles. The topological polar surface area (TPSA) is 92.5 Å². The van der Waals surface area contributed by atoms with Crippen LogP contribution in [0.3, 0.4) is 0 Å². The molecule has 3 saturated carbocycles. The minimum absolute atomic E-state index is 0.000671. The molecular formula is C19H25N3O3. The van der Waals surface area contributed by atoms with Gasteiger partial charge in [0.25, 0.3) is 0 Å². The van der Waals surface area contributed by atoms with Crippen molar-refractivity contribution in [3.05, 3.63) is 12.2 Å². The largest absolute Gasteiger partial charge is 0.354 e. The van der Waals surface area contributed by atoms with Crippen molar-refractivity contribution < 1.29 is 14.4 Å². The van der Waals surface area contributed by atoms with Gasteiger partial charge in [-0.2, -0.15) is 0 Å². The zero-order valence-corrected chi connectivity index (χ0v) is 14.3. The summed E-state index contributed by atoms with van der Waals surface area (Å²) in [7, 11) is 0. The third-order valence-electron chi connectivity index (χ3n) is 7.48. The van der Waals surface area contributed by atoms with E-state index in [0.717, 1.165) is 25.7 Å². The second kappa shape index (κ2) is 5.40. The van der Waals surface area contributed by atoms with Crippen molar-refractivity contribution in [2.45, 2.75) is 31.7 Å². The van der Waals surface area contributed by atoms with Crippen LogP contribution in [0.1, 0.15) is 25.7 Å². The summed E-state index contributed by atoms with van der Waals surface area (Å²) in [6.45, 7) is 0.616. The summed E-state index contributed by atoms with van der Waals surface area (Å²) in [5, 5.41) is 2.93. The average molecular weight is 343 g/mol. The number of nitrogens with one attached hydrogen (secondary N) is 1. The molecule has 0 radical (unpaired) electrons. The molecule has 0 spiro atoms. The monoisotopic (exact) mass is 343 g/mol. The maximum atomic E-state index is 12.6. The first-order valence-corrected chi connectivity index (χ1v) is 9.63. The molecule has 0 aromatic rings. The first-order chi connectivity index (χ1) is 12.1. The Balaban J connectivity index is 1.18. The number of nitrogens with two attached hydrogens (primary N) is 1. The number of amides is 3. The highest BCUT2D eigenvalue weighted by atomic mass is 16.2. The van der Waals surface area contributed by atoms with Gasteiger partial charge in [-0.25, -0.2) is 0 Å². The number of carbonyl (C=O) groups is 3. The number of allylic oxidation sites excluding steroid dienone is 2. The van der Waals surface area contributed by atoms with E-state index >= 15 is 0 Å². The highest BCUT2D eigenvalue weighted by Gasteiger charge is 2.59. The molecule has 25 heavy (non-hydrogen) atoms. The minimum atomic E-state index is -0.155. The van der Waals surface area contributed by atoms with Gasteiger partial charge in [0.05, 0.1) is 17.8 Å². The van der Waals surface area contributed by atoms with E-state index < -0.39 is 0 Å². The van der Waals surface area contributed by atoms with Crippen LogP contribution in [-0.4, -0.2) is 41.8 Å². The van der Waals surface area contributed by atoms with E-state index in [-0.39, 0.29) is 59.9 Å². The molecule has 4 bridgehead atoms. The Morgan fingerprint density at radius 3 is 2.32 bits per heavy atom. The first-order valence-electron chi connectivity index (χ1n) is 9.63. The van der Waals surface area contributed by atoms with Gasteiger partial charge in [0.15, 0.2) is 0 Å². The van der Waals surface area contributed by atoms with Crippen molar-refractivity contribution in [1.82, 2.24) is 10.2 Å². The van der Waals surface area contributed by atoms with Gasteiger partial charge in [0.2, 0.25) is 17.7 Å². The van der Waals surface area contributed by atoms with Crippen LogP contribution < -0.4 is 11.1 Å². The summed E-state index contributed by atoms with van der Waals surface area (Å²) < 4.78 is 0. The van der Waals surface area contributed by atoms with E-state index in [0.29, 0.717) is 18.4 Å².